The van der Waals surface area contributed by atoms with Crippen molar-refractivity contribution in [1.82, 2.24) is 24.9 Å². The van der Waals surface area contributed by atoms with Gasteiger partial charge in [-0.1, -0.05) is 18.2 Å². The van der Waals surface area contributed by atoms with E-state index in [1.807, 2.05) is 30.3 Å². The van der Waals surface area contributed by atoms with Gasteiger partial charge in [0.05, 0.1) is 27.5 Å². The van der Waals surface area contributed by atoms with Gasteiger partial charge in [-0.15, -0.1) is 0 Å². The highest BCUT2D eigenvalue weighted by molar-refractivity contribution is 5.93. The van der Waals surface area contributed by atoms with Gasteiger partial charge < -0.3 is 16.0 Å². The molecule has 0 atom stereocenters. The fourth-order valence-electron chi connectivity index (χ4n) is 3.23. The topological polar surface area (TPSA) is 125 Å². The predicted molar refractivity (Wildman–Crippen MR) is 105 cm³/mol. The highest BCUT2D eigenvalue weighted by Crippen LogP contribution is 2.21. The van der Waals surface area contributed by atoms with E-state index in [0.717, 1.165) is 22.0 Å². The van der Waals surface area contributed by atoms with Crippen LogP contribution in [0.2, 0.25) is 0 Å². The molecule has 5 aromatic rings. The molecule has 0 unspecified atom stereocenters. The quantitative estimate of drug-likeness (QED) is 0.393. The summed E-state index contributed by atoms with van der Waals surface area (Å²) in [6.07, 6.45) is 1.80. The van der Waals surface area contributed by atoms with Crippen molar-refractivity contribution in [2.75, 3.05) is 11.1 Å². The fraction of sp³-hybridized carbons (Fsp3) is 0.0526. The summed E-state index contributed by atoms with van der Waals surface area (Å²) in [5.74, 6) is 0.705. The monoisotopic (exact) mass is 357 g/mol. The molecule has 5 rings (SSSR count). The number of aromatic amines is 2. The van der Waals surface area contributed by atoms with Gasteiger partial charge in [-0.05, 0) is 29.8 Å². The Labute approximate surface area is 152 Å². The smallest absolute Gasteiger partial charge is 0.260 e. The van der Waals surface area contributed by atoms with Crippen LogP contribution in [0.25, 0.3) is 32.8 Å². The molecule has 0 fully saturated rings. The number of aromatic nitrogens is 5. The summed E-state index contributed by atoms with van der Waals surface area (Å²) in [4.78, 5) is 30.8. The molecule has 0 bridgehead atoms. The van der Waals surface area contributed by atoms with Crippen molar-refractivity contribution in [2.24, 2.45) is 0 Å². The van der Waals surface area contributed by atoms with Crippen LogP contribution in [0.5, 0.6) is 0 Å². The predicted octanol–water partition coefficient (Wildman–Crippen LogP) is 2.54. The van der Waals surface area contributed by atoms with Crippen molar-refractivity contribution in [3.8, 4) is 0 Å². The standard InChI is InChI=1S/C19H15N7O/c20-18-23-14-8-16-15(7-12(14)17(27)26-18)24-19(25-16)22-9-10-5-6-21-13-4-2-1-3-11(10)13/h1-8H,9H2,(H2,22,24,25)(H3,20,23,26,27). The van der Waals surface area contributed by atoms with E-state index >= 15 is 0 Å². The summed E-state index contributed by atoms with van der Waals surface area (Å²) in [5.41, 5.74) is 9.40. The van der Waals surface area contributed by atoms with Crippen LogP contribution in [0.15, 0.2) is 53.5 Å². The molecule has 3 aromatic heterocycles. The first-order chi connectivity index (χ1) is 13.2. The van der Waals surface area contributed by atoms with Crippen molar-refractivity contribution in [3.05, 3.63) is 64.6 Å². The van der Waals surface area contributed by atoms with Crippen molar-refractivity contribution >= 4 is 44.7 Å². The van der Waals surface area contributed by atoms with Gasteiger partial charge in [0.15, 0.2) is 0 Å². The molecule has 0 saturated carbocycles. The van der Waals surface area contributed by atoms with E-state index in [0.29, 0.717) is 28.9 Å². The van der Waals surface area contributed by atoms with Gasteiger partial charge in [-0.2, -0.15) is 0 Å². The minimum Gasteiger partial charge on any atom is -0.369 e. The second kappa shape index (κ2) is 5.80. The summed E-state index contributed by atoms with van der Waals surface area (Å²) in [6.45, 7) is 0.591. The van der Waals surface area contributed by atoms with Crippen molar-refractivity contribution in [3.63, 3.8) is 0 Å². The molecule has 0 aliphatic carbocycles. The van der Waals surface area contributed by atoms with Crippen LogP contribution in [0.3, 0.4) is 0 Å². The van der Waals surface area contributed by atoms with Gasteiger partial charge in [0.2, 0.25) is 11.9 Å². The number of nitrogens with zero attached hydrogens (tertiary/aromatic N) is 3. The van der Waals surface area contributed by atoms with Crippen molar-refractivity contribution in [2.45, 2.75) is 6.54 Å². The van der Waals surface area contributed by atoms with E-state index in [1.165, 1.54) is 0 Å². The molecule has 0 aliphatic heterocycles. The molecule has 0 aliphatic rings. The summed E-state index contributed by atoms with van der Waals surface area (Å²) in [6, 6.07) is 13.5. The van der Waals surface area contributed by atoms with Gasteiger partial charge in [-0.3, -0.25) is 14.8 Å². The Balaban J connectivity index is 1.51. The van der Waals surface area contributed by atoms with E-state index in [2.05, 4.69) is 30.2 Å². The second-order valence-electron chi connectivity index (χ2n) is 6.26. The number of nitrogens with two attached hydrogens (primary N) is 1. The van der Waals surface area contributed by atoms with Crippen LogP contribution in [0.1, 0.15) is 5.56 Å². The number of imidazole rings is 1. The molecular weight excluding hydrogens is 342 g/mol. The normalized spacial score (nSPS) is 11.4. The Morgan fingerprint density at radius 3 is 2.78 bits per heavy atom. The van der Waals surface area contributed by atoms with Crippen LogP contribution < -0.4 is 16.6 Å². The number of benzene rings is 2. The maximum Gasteiger partial charge on any atom is 0.260 e. The first-order valence-electron chi connectivity index (χ1n) is 8.43. The number of nitrogen functional groups attached to an aromatic ring is 1. The Bertz CT molecular complexity index is 1360. The van der Waals surface area contributed by atoms with Crippen LogP contribution in [0, 0.1) is 0 Å². The molecule has 27 heavy (non-hydrogen) atoms. The third-order valence-corrected chi connectivity index (χ3v) is 4.51. The molecule has 8 nitrogen and oxygen atoms in total. The van der Waals surface area contributed by atoms with E-state index in [1.54, 1.807) is 18.3 Å². The Morgan fingerprint density at radius 2 is 1.85 bits per heavy atom. The number of fused-ring (bicyclic) bond motifs is 3. The van der Waals surface area contributed by atoms with Crippen LogP contribution in [-0.2, 0) is 6.54 Å². The summed E-state index contributed by atoms with van der Waals surface area (Å²) in [7, 11) is 0. The fourth-order valence-corrected chi connectivity index (χ4v) is 3.23. The van der Waals surface area contributed by atoms with Crippen LogP contribution in [0.4, 0.5) is 11.9 Å². The minimum atomic E-state index is -0.272. The van der Waals surface area contributed by atoms with Gasteiger partial charge in [0.25, 0.3) is 5.56 Å². The van der Waals surface area contributed by atoms with Crippen molar-refractivity contribution in [1.29, 1.82) is 0 Å². The Hall–Kier alpha value is -3.94. The summed E-state index contributed by atoms with van der Waals surface area (Å²) in [5, 5.41) is 4.86. The molecule has 2 aromatic carbocycles. The summed E-state index contributed by atoms with van der Waals surface area (Å²) >= 11 is 0. The minimum absolute atomic E-state index is 0.0882. The number of H-pyrrole nitrogens is 2. The first-order valence-corrected chi connectivity index (χ1v) is 8.43. The summed E-state index contributed by atoms with van der Waals surface area (Å²) < 4.78 is 0. The maximum atomic E-state index is 12.1. The lowest BCUT2D eigenvalue weighted by molar-refractivity contribution is 1.10. The lowest BCUT2D eigenvalue weighted by Crippen LogP contribution is -2.10. The van der Waals surface area contributed by atoms with Crippen molar-refractivity contribution < 1.29 is 0 Å². The molecule has 0 saturated heterocycles. The molecule has 3 heterocycles. The Kier molecular flexibility index (Phi) is 3.29. The lowest BCUT2D eigenvalue weighted by Gasteiger charge is -2.06. The maximum absolute atomic E-state index is 12.1. The molecule has 0 amide bonds. The SMILES string of the molecule is Nc1nc2cc3nc(NCc4ccnc5ccccc45)[nH]c3cc2c(=O)[nH]1. The van der Waals surface area contributed by atoms with E-state index in [-0.39, 0.29) is 11.5 Å². The number of pyridine rings is 1. The second-order valence-corrected chi connectivity index (χ2v) is 6.26. The van der Waals surface area contributed by atoms with Crippen LogP contribution >= 0.6 is 0 Å². The molecule has 5 N–H and O–H groups in total. The zero-order chi connectivity index (χ0) is 18.4. The number of para-hydroxylation sites is 1. The van der Waals surface area contributed by atoms with E-state index in [9.17, 15) is 4.79 Å². The number of hydrogen-bond donors (Lipinski definition) is 4. The third kappa shape index (κ3) is 2.63. The average Bonchev–Trinajstić information content (AvgIpc) is 3.06. The molecule has 0 radical (unpaired) electrons. The van der Waals surface area contributed by atoms with E-state index in [4.69, 9.17) is 5.73 Å². The zero-order valence-electron chi connectivity index (χ0n) is 14.2. The Morgan fingerprint density at radius 1 is 0.963 bits per heavy atom. The molecule has 8 heteroatoms. The number of rotatable bonds is 3. The molecule has 132 valence electrons. The highest BCUT2D eigenvalue weighted by atomic mass is 16.1. The highest BCUT2D eigenvalue weighted by Gasteiger charge is 2.09. The van der Waals surface area contributed by atoms with Crippen LogP contribution in [-0.4, -0.2) is 24.9 Å². The van der Waals surface area contributed by atoms with Gasteiger partial charge in [0.1, 0.15) is 0 Å². The average molecular weight is 357 g/mol. The third-order valence-electron chi connectivity index (χ3n) is 4.51. The largest absolute Gasteiger partial charge is 0.369 e. The molecular formula is C19H15N7O. The first kappa shape index (κ1) is 15.3. The number of hydrogen-bond acceptors (Lipinski definition) is 6. The van der Waals surface area contributed by atoms with Gasteiger partial charge >= 0.3 is 0 Å². The number of nitrogens with one attached hydrogen (secondary N) is 3. The lowest BCUT2D eigenvalue weighted by atomic mass is 10.1. The molecule has 0 spiro atoms. The van der Waals surface area contributed by atoms with Gasteiger partial charge in [0, 0.05) is 18.1 Å². The zero-order valence-corrected chi connectivity index (χ0v) is 14.2. The number of anilines is 2. The van der Waals surface area contributed by atoms with Gasteiger partial charge in [-0.25, -0.2) is 9.97 Å². The van der Waals surface area contributed by atoms with E-state index < -0.39 is 0 Å².